The van der Waals surface area contributed by atoms with Gasteiger partial charge in [0.15, 0.2) is 0 Å². The van der Waals surface area contributed by atoms with Gasteiger partial charge in [-0.25, -0.2) is 9.18 Å². The molecule has 0 heterocycles. The fraction of sp³-hybridized carbons (Fsp3) is 0.300. The zero-order chi connectivity index (χ0) is 18.3. The average molecular weight is 417 g/mol. The van der Waals surface area contributed by atoms with E-state index in [1.807, 2.05) is 18.2 Å². The molecule has 4 nitrogen and oxygen atoms in total. The molecule has 2 aromatic carbocycles. The lowest BCUT2D eigenvalue weighted by Crippen LogP contribution is -2.35. The summed E-state index contributed by atoms with van der Waals surface area (Å²) in [6, 6.07) is 9.71. The van der Waals surface area contributed by atoms with Crippen LogP contribution in [0.1, 0.15) is 59.0 Å². The molecule has 26 heavy (non-hydrogen) atoms. The van der Waals surface area contributed by atoms with E-state index in [4.69, 9.17) is 0 Å². The lowest BCUT2D eigenvalue weighted by molar-refractivity contribution is 0.0963. The van der Waals surface area contributed by atoms with Crippen molar-refractivity contribution in [3.8, 4) is 0 Å². The van der Waals surface area contributed by atoms with Gasteiger partial charge in [-0.15, -0.1) is 0 Å². The Balaban J connectivity index is 1.46. The molecule has 0 aliphatic heterocycles. The van der Waals surface area contributed by atoms with Crippen LogP contribution in [0.3, 0.4) is 0 Å². The molecule has 6 heteroatoms. The van der Waals surface area contributed by atoms with Gasteiger partial charge in [0.2, 0.25) is 0 Å². The highest BCUT2D eigenvalue weighted by molar-refractivity contribution is 9.10. The Morgan fingerprint density at radius 1 is 1.00 bits per heavy atom. The van der Waals surface area contributed by atoms with Crippen molar-refractivity contribution in [3.05, 3.63) is 63.4 Å². The molecule has 0 bridgehead atoms. The molecule has 134 valence electrons. The second-order valence-corrected chi connectivity index (χ2v) is 7.75. The standard InChI is InChI=1S/C20H18BrFN2O2/c21-16-9-15(17(22)10-14(16)12-7-8-12)19(25)24-20(26)23-18-4-2-1-3-13(18)11-5-6-11/h1-4,9-12H,5-8H2,(H2,23,24,25,26). The van der Waals surface area contributed by atoms with E-state index in [9.17, 15) is 14.0 Å². The summed E-state index contributed by atoms with van der Waals surface area (Å²) in [7, 11) is 0. The predicted molar refractivity (Wildman–Crippen MR) is 101 cm³/mol. The molecule has 0 aromatic heterocycles. The van der Waals surface area contributed by atoms with Crippen LogP contribution in [0.5, 0.6) is 0 Å². The van der Waals surface area contributed by atoms with Crippen molar-refractivity contribution in [1.29, 1.82) is 0 Å². The molecule has 0 spiro atoms. The summed E-state index contributed by atoms with van der Waals surface area (Å²) >= 11 is 3.40. The summed E-state index contributed by atoms with van der Waals surface area (Å²) in [5.41, 5.74) is 2.48. The summed E-state index contributed by atoms with van der Waals surface area (Å²) in [5.74, 6) is -0.547. The van der Waals surface area contributed by atoms with Crippen LogP contribution in [0.2, 0.25) is 0 Å². The minimum atomic E-state index is -0.757. The number of amides is 3. The monoisotopic (exact) mass is 416 g/mol. The number of urea groups is 1. The van der Waals surface area contributed by atoms with Crippen LogP contribution in [-0.2, 0) is 0 Å². The van der Waals surface area contributed by atoms with Gasteiger partial charge in [-0.1, -0.05) is 34.1 Å². The lowest BCUT2D eigenvalue weighted by Gasteiger charge is -2.12. The van der Waals surface area contributed by atoms with Gasteiger partial charge in [-0.2, -0.15) is 0 Å². The molecule has 2 aliphatic carbocycles. The third kappa shape index (κ3) is 3.65. The first-order valence-electron chi connectivity index (χ1n) is 8.73. The fourth-order valence-corrected chi connectivity index (χ4v) is 3.80. The number of anilines is 1. The smallest absolute Gasteiger partial charge is 0.307 e. The van der Waals surface area contributed by atoms with Crippen LogP contribution in [0.4, 0.5) is 14.9 Å². The summed E-state index contributed by atoms with van der Waals surface area (Å²) in [4.78, 5) is 24.5. The average Bonchev–Trinajstić information content (AvgIpc) is 3.49. The summed E-state index contributed by atoms with van der Waals surface area (Å²) in [6.07, 6.45) is 4.27. The van der Waals surface area contributed by atoms with Crippen molar-refractivity contribution in [1.82, 2.24) is 5.32 Å². The minimum Gasteiger partial charge on any atom is -0.307 e. The molecular weight excluding hydrogens is 399 g/mol. The molecule has 2 aliphatic rings. The largest absolute Gasteiger partial charge is 0.326 e. The van der Waals surface area contributed by atoms with Crippen LogP contribution in [0.25, 0.3) is 0 Å². The maximum atomic E-state index is 14.3. The number of hydrogen-bond donors (Lipinski definition) is 2. The van der Waals surface area contributed by atoms with Crippen LogP contribution in [-0.4, -0.2) is 11.9 Å². The number of halogens is 2. The number of nitrogens with one attached hydrogen (secondary N) is 2. The topological polar surface area (TPSA) is 58.2 Å². The Morgan fingerprint density at radius 3 is 2.35 bits per heavy atom. The quantitative estimate of drug-likeness (QED) is 0.709. The molecule has 2 saturated carbocycles. The van der Waals surface area contributed by atoms with Gasteiger partial charge in [0, 0.05) is 10.2 Å². The molecule has 0 atom stereocenters. The number of imide groups is 1. The Labute approximate surface area is 159 Å². The number of carbonyl (C=O) groups excluding carboxylic acids is 2. The zero-order valence-corrected chi connectivity index (χ0v) is 15.6. The number of para-hydroxylation sites is 1. The third-order valence-electron chi connectivity index (χ3n) is 4.80. The van der Waals surface area contributed by atoms with Gasteiger partial charge in [-0.05, 0) is 66.8 Å². The van der Waals surface area contributed by atoms with E-state index in [-0.39, 0.29) is 5.56 Å². The number of hydrogen-bond acceptors (Lipinski definition) is 2. The first-order chi connectivity index (χ1) is 12.5. The van der Waals surface area contributed by atoms with Gasteiger partial charge in [0.1, 0.15) is 5.82 Å². The van der Waals surface area contributed by atoms with Crippen molar-refractivity contribution in [2.75, 3.05) is 5.32 Å². The van der Waals surface area contributed by atoms with Gasteiger partial charge in [0.25, 0.3) is 5.91 Å². The van der Waals surface area contributed by atoms with Gasteiger partial charge in [-0.3, -0.25) is 10.1 Å². The first-order valence-corrected chi connectivity index (χ1v) is 9.52. The number of carbonyl (C=O) groups is 2. The van der Waals surface area contributed by atoms with Crippen LogP contribution in [0.15, 0.2) is 40.9 Å². The van der Waals surface area contributed by atoms with E-state index in [1.165, 1.54) is 12.1 Å². The molecule has 3 amide bonds. The molecule has 2 fully saturated rings. The number of rotatable bonds is 4. The minimum absolute atomic E-state index is 0.146. The predicted octanol–water partition coefficient (Wildman–Crippen LogP) is 5.30. The van der Waals surface area contributed by atoms with Gasteiger partial charge in [0.05, 0.1) is 5.56 Å². The van der Waals surface area contributed by atoms with Crippen molar-refractivity contribution >= 4 is 33.6 Å². The van der Waals surface area contributed by atoms with E-state index < -0.39 is 17.8 Å². The lowest BCUT2D eigenvalue weighted by atomic mass is 10.1. The maximum Gasteiger partial charge on any atom is 0.326 e. The zero-order valence-electron chi connectivity index (χ0n) is 14.0. The van der Waals surface area contributed by atoms with Crippen molar-refractivity contribution in [2.24, 2.45) is 0 Å². The van der Waals surface area contributed by atoms with E-state index in [0.717, 1.165) is 36.8 Å². The van der Waals surface area contributed by atoms with Gasteiger partial charge < -0.3 is 5.32 Å². The molecule has 2 aromatic rings. The van der Waals surface area contributed by atoms with E-state index in [2.05, 4.69) is 26.6 Å². The highest BCUT2D eigenvalue weighted by atomic mass is 79.9. The first kappa shape index (κ1) is 17.2. The van der Waals surface area contributed by atoms with Crippen LogP contribution >= 0.6 is 15.9 Å². The second-order valence-electron chi connectivity index (χ2n) is 6.90. The van der Waals surface area contributed by atoms with Crippen molar-refractivity contribution in [3.63, 3.8) is 0 Å². The van der Waals surface area contributed by atoms with Crippen LogP contribution < -0.4 is 10.6 Å². The molecule has 4 rings (SSSR count). The molecule has 0 unspecified atom stereocenters. The van der Waals surface area contributed by atoms with E-state index in [0.29, 0.717) is 22.0 Å². The third-order valence-corrected chi connectivity index (χ3v) is 5.49. The Bertz CT molecular complexity index is 891. The Morgan fingerprint density at radius 2 is 1.65 bits per heavy atom. The molecule has 0 saturated heterocycles. The molecular formula is C20H18BrFN2O2. The summed E-state index contributed by atoms with van der Waals surface area (Å²) in [6.45, 7) is 0. The van der Waals surface area contributed by atoms with Gasteiger partial charge >= 0.3 is 6.03 Å². The van der Waals surface area contributed by atoms with Crippen molar-refractivity contribution in [2.45, 2.75) is 37.5 Å². The van der Waals surface area contributed by atoms with Crippen molar-refractivity contribution < 1.29 is 14.0 Å². The van der Waals surface area contributed by atoms with E-state index >= 15 is 0 Å². The SMILES string of the molecule is O=C(NC(=O)c1cc(Br)c(C2CC2)cc1F)Nc1ccccc1C1CC1. The number of benzene rings is 2. The highest BCUT2D eigenvalue weighted by Crippen LogP contribution is 2.44. The maximum absolute atomic E-state index is 14.3. The summed E-state index contributed by atoms with van der Waals surface area (Å²) in [5, 5.41) is 4.91. The van der Waals surface area contributed by atoms with Crippen LogP contribution in [0, 0.1) is 5.82 Å². The van der Waals surface area contributed by atoms with E-state index in [1.54, 1.807) is 6.07 Å². The Kier molecular flexibility index (Phi) is 4.53. The fourth-order valence-electron chi connectivity index (χ4n) is 3.13. The highest BCUT2D eigenvalue weighted by Gasteiger charge is 2.28. The molecule has 2 N–H and O–H groups in total. The second kappa shape index (κ2) is 6.83. The Hall–Kier alpha value is -2.21. The summed E-state index contributed by atoms with van der Waals surface area (Å²) < 4.78 is 15.0. The molecule has 0 radical (unpaired) electrons. The normalized spacial score (nSPS) is 16.2.